The van der Waals surface area contributed by atoms with Crippen LogP contribution >= 0.6 is 15.8 Å². The summed E-state index contributed by atoms with van der Waals surface area (Å²) in [4.78, 5) is 16.0. The van der Waals surface area contributed by atoms with Gasteiger partial charge in [0.05, 0.1) is 15.8 Å². The molecule has 0 saturated heterocycles. The molecular formula is C38H36NiO2P2+2. The van der Waals surface area contributed by atoms with E-state index in [0.717, 1.165) is 0 Å². The molecule has 0 heterocycles. The molecule has 218 valence electrons. The van der Waals surface area contributed by atoms with Crippen molar-refractivity contribution >= 4 is 61.2 Å². The van der Waals surface area contributed by atoms with Crippen molar-refractivity contribution in [2.45, 2.75) is 0 Å². The Morgan fingerprint density at radius 1 is 0.256 bits per heavy atom. The van der Waals surface area contributed by atoms with E-state index in [1.807, 2.05) is 13.6 Å². The molecule has 5 heteroatoms. The fraction of sp³-hybridized carbons (Fsp3) is 0. The molecule has 0 spiro atoms. The van der Waals surface area contributed by atoms with Crippen LogP contribution in [0.1, 0.15) is 0 Å². The summed E-state index contributed by atoms with van der Waals surface area (Å²) in [6.07, 6.45) is 0. The van der Waals surface area contributed by atoms with E-state index in [-0.39, 0.29) is 16.5 Å². The number of hydrogen-bond donors (Lipinski definition) is 0. The number of hydrogen-bond acceptors (Lipinski definition) is 2. The zero-order chi connectivity index (χ0) is 29.8. The van der Waals surface area contributed by atoms with Gasteiger partial charge in [0.1, 0.15) is 45.4 Å². The number of carbonyl (C=O) groups is 2. The van der Waals surface area contributed by atoms with Crippen LogP contribution in [0.4, 0.5) is 0 Å². The maximum absolute atomic E-state index is 8.00. The topological polar surface area (TPSA) is 34.1 Å². The van der Waals surface area contributed by atoms with Crippen molar-refractivity contribution in [2.24, 2.45) is 0 Å². The monoisotopic (exact) mass is 644 g/mol. The summed E-state index contributed by atoms with van der Waals surface area (Å²) in [5.41, 5.74) is 0. The second-order valence-electron chi connectivity index (χ2n) is 8.95. The molecule has 43 heavy (non-hydrogen) atoms. The summed E-state index contributed by atoms with van der Waals surface area (Å²) >= 11 is 0. The van der Waals surface area contributed by atoms with E-state index in [0.29, 0.717) is 0 Å². The van der Waals surface area contributed by atoms with Crippen LogP contribution in [-0.2, 0) is 26.1 Å². The molecule has 0 aliphatic carbocycles. The first-order valence-corrected chi connectivity index (χ1v) is 16.5. The van der Waals surface area contributed by atoms with E-state index in [1.165, 1.54) is 31.8 Å². The van der Waals surface area contributed by atoms with E-state index < -0.39 is 15.8 Å². The zero-order valence-corrected chi connectivity index (χ0v) is 26.9. The van der Waals surface area contributed by atoms with Crippen LogP contribution in [0, 0.1) is 0 Å². The Bertz CT molecular complexity index is 1220. The zero-order valence-electron chi connectivity index (χ0n) is 23.9. The minimum Gasteiger partial charge on any atom is -0.307 e. The molecule has 6 aromatic carbocycles. The molecule has 6 rings (SSSR count). The molecule has 0 saturated carbocycles. The first kappa shape index (κ1) is 35.2. The van der Waals surface area contributed by atoms with Crippen molar-refractivity contribution in [3.05, 3.63) is 182 Å². The molecule has 0 atom stereocenters. The maximum Gasteiger partial charge on any atom is 0.106 e. The van der Waals surface area contributed by atoms with Gasteiger partial charge in [0.2, 0.25) is 0 Å². The van der Waals surface area contributed by atoms with Crippen LogP contribution in [0.5, 0.6) is 0 Å². The van der Waals surface area contributed by atoms with Crippen molar-refractivity contribution in [2.75, 3.05) is 0 Å². The van der Waals surface area contributed by atoms with E-state index in [9.17, 15) is 0 Å². The van der Waals surface area contributed by atoms with Gasteiger partial charge in [-0.1, -0.05) is 109 Å². The van der Waals surface area contributed by atoms with Crippen molar-refractivity contribution in [3.63, 3.8) is 0 Å². The summed E-state index contributed by atoms with van der Waals surface area (Å²) in [7, 11) is -1.75. The Morgan fingerprint density at radius 2 is 0.372 bits per heavy atom. The molecule has 2 nitrogen and oxygen atoms in total. The fourth-order valence-electron chi connectivity index (χ4n) is 4.63. The molecule has 6 aromatic rings. The predicted octanol–water partition coefficient (Wildman–Crippen LogP) is 5.98. The molecule has 0 bridgehead atoms. The third-order valence-corrected chi connectivity index (χ3v) is 11.8. The van der Waals surface area contributed by atoms with Gasteiger partial charge in [-0.15, -0.1) is 0 Å². The first-order chi connectivity index (χ1) is 20.9. The summed E-state index contributed by atoms with van der Waals surface area (Å²) in [5, 5.41) is 8.61. The molecular weight excluding hydrogens is 609 g/mol. The Labute approximate surface area is 268 Å². The Kier molecular flexibility index (Phi) is 17.0. The smallest absolute Gasteiger partial charge is 0.106 e. The van der Waals surface area contributed by atoms with Crippen molar-refractivity contribution in [1.29, 1.82) is 0 Å². The van der Waals surface area contributed by atoms with Crippen molar-refractivity contribution in [3.8, 4) is 0 Å². The molecule has 0 aliphatic rings. The van der Waals surface area contributed by atoms with Gasteiger partial charge in [0.15, 0.2) is 0 Å². The molecule has 0 fully saturated rings. The van der Waals surface area contributed by atoms with Gasteiger partial charge < -0.3 is 9.59 Å². The van der Waals surface area contributed by atoms with Crippen molar-refractivity contribution in [1.82, 2.24) is 0 Å². The molecule has 0 unspecified atom stereocenters. The van der Waals surface area contributed by atoms with E-state index in [2.05, 4.69) is 182 Å². The van der Waals surface area contributed by atoms with Gasteiger partial charge in [-0.3, -0.25) is 0 Å². The first-order valence-electron chi connectivity index (χ1n) is 13.5. The van der Waals surface area contributed by atoms with Crippen LogP contribution in [0.3, 0.4) is 0 Å². The normalized spacial score (nSPS) is 9.53. The minimum atomic E-state index is -0.877. The molecule has 0 N–H and O–H groups in total. The van der Waals surface area contributed by atoms with Crippen LogP contribution in [0.2, 0.25) is 0 Å². The summed E-state index contributed by atoms with van der Waals surface area (Å²) < 4.78 is 0. The van der Waals surface area contributed by atoms with Crippen LogP contribution in [-0.4, -0.2) is 13.6 Å². The fourth-order valence-corrected chi connectivity index (χ4v) is 9.78. The van der Waals surface area contributed by atoms with E-state index >= 15 is 0 Å². The van der Waals surface area contributed by atoms with Gasteiger partial charge in [-0.05, 0) is 72.8 Å². The second-order valence-corrected chi connectivity index (χ2v) is 13.9. The average molecular weight is 645 g/mol. The molecule has 0 amide bonds. The van der Waals surface area contributed by atoms with Crippen LogP contribution in [0.25, 0.3) is 0 Å². The third kappa shape index (κ3) is 10.7. The van der Waals surface area contributed by atoms with Crippen molar-refractivity contribution < 1.29 is 26.1 Å². The average Bonchev–Trinajstić information content (AvgIpc) is 3.10. The summed E-state index contributed by atoms with van der Waals surface area (Å²) in [6, 6.07) is 65.0. The predicted molar refractivity (Wildman–Crippen MR) is 187 cm³/mol. The molecule has 0 radical (unpaired) electrons. The maximum atomic E-state index is 8.00. The standard InChI is InChI=1S/2C18H15P.2CH2O.Ni/c2*1-4-10-16(11-5-1)19(17-12-6-2-7-13-17)18-14-8-3-9-15-18;2*1-2;/h2*1-15H;2*1H2;/p+2. The largest absolute Gasteiger partial charge is 0.307 e. The Hall–Kier alpha value is -3.99. The SMILES string of the molecule is C=O.C=O.[Ni].c1ccc([PH+](c2ccccc2)c2ccccc2)cc1.c1ccc([PH+](c2ccccc2)c2ccccc2)cc1. The van der Waals surface area contributed by atoms with Crippen LogP contribution < -0.4 is 31.8 Å². The van der Waals surface area contributed by atoms with E-state index in [4.69, 9.17) is 9.59 Å². The quantitative estimate of drug-likeness (QED) is 0.165. The van der Waals surface area contributed by atoms with Gasteiger partial charge >= 0.3 is 0 Å². The number of rotatable bonds is 6. The second kappa shape index (κ2) is 20.8. The Balaban J connectivity index is 0.000000264. The van der Waals surface area contributed by atoms with E-state index in [1.54, 1.807) is 0 Å². The Morgan fingerprint density at radius 3 is 0.488 bits per heavy atom. The summed E-state index contributed by atoms with van der Waals surface area (Å²) in [5.74, 6) is 0. The van der Waals surface area contributed by atoms with Gasteiger partial charge in [-0.2, -0.15) is 0 Å². The number of benzene rings is 6. The van der Waals surface area contributed by atoms with Gasteiger partial charge in [0, 0.05) is 16.5 Å². The van der Waals surface area contributed by atoms with Crippen LogP contribution in [0.15, 0.2) is 182 Å². The number of carbonyl (C=O) groups excluding carboxylic acids is 2. The molecule has 0 aliphatic heterocycles. The van der Waals surface area contributed by atoms with Gasteiger partial charge in [-0.25, -0.2) is 0 Å². The molecule has 0 aromatic heterocycles. The minimum absolute atomic E-state index is 0. The third-order valence-electron chi connectivity index (χ3n) is 6.37. The summed E-state index contributed by atoms with van der Waals surface area (Å²) in [6.45, 7) is 4.00. The van der Waals surface area contributed by atoms with Gasteiger partial charge in [0.25, 0.3) is 0 Å².